The molecule has 0 aliphatic carbocycles. The highest BCUT2D eigenvalue weighted by Crippen LogP contribution is 2.29. The number of carbonyl (C=O) groups excluding carboxylic acids is 1. The maximum atomic E-state index is 10.9. The van der Waals surface area contributed by atoms with Crippen molar-refractivity contribution in [3.63, 3.8) is 0 Å². The molecule has 0 aliphatic heterocycles. The van der Waals surface area contributed by atoms with E-state index in [0.717, 1.165) is 0 Å². The van der Waals surface area contributed by atoms with E-state index in [1.165, 1.54) is 26.8 Å². The van der Waals surface area contributed by atoms with E-state index >= 15 is 0 Å². The van der Waals surface area contributed by atoms with Crippen molar-refractivity contribution in [1.29, 1.82) is 0 Å². The third-order valence-electron chi connectivity index (χ3n) is 2.66. The van der Waals surface area contributed by atoms with Gasteiger partial charge in [-0.3, -0.25) is 14.9 Å². The third-order valence-corrected chi connectivity index (χ3v) is 2.66. The van der Waals surface area contributed by atoms with Crippen molar-refractivity contribution < 1.29 is 14.8 Å². The summed E-state index contributed by atoms with van der Waals surface area (Å²) in [7, 11) is 0. The molecule has 0 saturated carbocycles. The predicted molar refractivity (Wildman–Crippen MR) is 66.8 cm³/mol. The van der Waals surface area contributed by atoms with Crippen LogP contribution in [0.4, 0.5) is 5.69 Å². The SMILES string of the molecule is CC(=O)Nc1cccc(C(O)C(C)(C)[N+](=O)[O-])c1. The Hall–Kier alpha value is -1.95. The van der Waals surface area contributed by atoms with E-state index in [0.29, 0.717) is 11.3 Å². The van der Waals surface area contributed by atoms with Crippen LogP contribution in [-0.2, 0) is 4.79 Å². The number of nitro groups is 1. The first-order valence-corrected chi connectivity index (χ1v) is 5.45. The molecule has 6 nitrogen and oxygen atoms in total. The van der Waals surface area contributed by atoms with Crippen LogP contribution in [0.25, 0.3) is 0 Å². The Kier molecular flexibility index (Phi) is 4.03. The van der Waals surface area contributed by atoms with Gasteiger partial charge >= 0.3 is 0 Å². The fourth-order valence-corrected chi connectivity index (χ4v) is 1.50. The zero-order valence-electron chi connectivity index (χ0n) is 10.5. The van der Waals surface area contributed by atoms with Crippen LogP contribution in [-0.4, -0.2) is 21.5 Å². The molecule has 0 spiro atoms. The van der Waals surface area contributed by atoms with E-state index in [-0.39, 0.29) is 5.91 Å². The van der Waals surface area contributed by atoms with Crippen molar-refractivity contribution in [2.75, 3.05) is 5.32 Å². The number of carbonyl (C=O) groups is 1. The average molecular weight is 252 g/mol. The van der Waals surface area contributed by atoms with E-state index in [9.17, 15) is 20.0 Å². The lowest BCUT2D eigenvalue weighted by Crippen LogP contribution is -2.38. The molecule has 0 saturated heterocycles. The minimum atomic E-state index is -1.49. The van der Waals surface area contributed by atoms with E-state index in [2.05, 4.69) is 5.32 Å². The van der Waals surface area contributed by atoms with Crippen molar-refractivity contribution in [2.45, 2.75) is 32.4 Å². The van der Waals surface area contributed by atoms with Gasteiger partial charge in [0.1, 0.15) is 6.10 Å². The van der Waals surface area contributed by atoms with Crippen LogP contribution in [0.1, 0.15) is 32.4 Å². The smallest absolute Gasteiger partial charge is 0.246 e. The second kappa shape index (κ2) is 5.14. The first-order valence-electron chi connectivity index (χ1n) is 5.45. The first-order chi connectivity index (χ1) is 8.25. The summed E-state index contributed by atoms with van der Waals surface area (Å²) >= 11 is 0. The molecule has 18 heavy (non-hydrogen) atoms. The standard InChI is InChI=1S/C12H16N2O4/c1-8(15)13-10-6-4-5-9(7-10)11(16)12(2,3)14(17)18/h4-7,11,16H,1-3H3,(H,13,15). The number of hydrogen-bond donors (Lipinski definition) is 2. The molecule has 98 valence electrons. The minimum absolute atomic E-state index is 0.241. The molecule has 0 radical (unpaired) electrons. The van der Waals surface area contributed by atoms with Gasteiger partial charge in [0.2, 0.25) is 11.4 Å². The Bertz CT molecular complexity index is 471. The van der Waals surface area contributed by atoms with Crippen LogP contribution in [0.15, 0.2) is 24.3 Å². The maximum absolute atomic E-state index is 10.9. The molecular formula is C12H16N2O4. The monoisotopic (exact) mass is 252 g/mol. The van der Waals surface area contributed by atoms with Crippen LogP contribution >= 0.6 is 0 Å². The van der Waals surface area contributed by atoms with Crippen molar-refractivity contribution in [3.05, 3.63) is 39.9 Å². The Morgan fingerprint density at radius 3 is 2.61 bits per heavy atom. The summed E-state index contributed by atoms with van der Waals surface area (Å²) in [5.74, 6) is -0.241. The van der Waals surface area contributed by atoms with Crippen molar-refractivity contribution >= 4 is 11.6 Å². The van der Waals surface area contributed by atoms with E-state index in [4.69, 9.17) is 0 Å². The van der Waals surface area contributed by atoms with Crippen LogP contribution in [0.5, 0.6) is 0 Å². The molecule has 1 unspecified atom stereocenters. The minimum Gasteiger partial charge on any atom is -0.381 e. The highest BCUT2D eigenvalue weighted by atomic mass is 16.6. The maximum Gasteiger partial charge on any atom is 0.246 e. The molecule has 6 heteroatoms. The number of nitrogens with one attached hydrogen (secondary N) is 1. The summed E-state index contributed by atoms with van der Waals surface area (Å²) in [5.41, 5.74) is -0.601. The molecule has 1 aromatic rings. The number of benzene rings is 1. The lowest BCUT2D eigenvalue weighted by Gasteiger charge is -2.22. The summed E-state index contributed by atoms with van der Waals surface area (Å²) in [6.45, 7) is 4.07. The topological polar surface area (TPSA) is 92.5 Å². The Morgan fingerprint density at radius 1 is 1.50 bits per heavy atom. The summed E-state index contributed by atoms with van der Waals surface area (Å²) in [5, 5.41) is 23.5. The largest absolute Gasteiger partial charge is 0.381 e. The Balaban J connectivity index is 3.03. The van der Waals surface area contributed by atoms with E-state index in [1.54, 1.807) is 18.2 Å². The zero-order chi connectivity index (χ0) is 13.9. The first kappa shape index (κ1) is 14.1. The predicted octanol–water partition coefficient (Wildman–Crippen LogP) is 1.73. The number of amides is 1. The van der Waals surface area contributed by atoms with Gasteiger partial charge in [0.15, 0.2) is 0 Å². The molecule has 2 N–H and O–H groups in total. The molecule has 1 aromatic carbocycles. The molecule has 0 bridgehead atoms. The van der Waals surface area contributed by atoms with Crippen LogP contribution < -0.4 is 5.32 Å². The highest BCUT2D eigenvalue weighted by Gasteiger charge is 2.40. The van der Waals surface area contributed by atoms with Crippen LogP contribution in [0.3, 0.4) is 0 Å². The van der Waals surface area contributed by atoms with Gasteiger partial charge in [-0.1, -0.05) is 12.1 Å². The quantitative estimate of drug-likeness (QED) is 0.630. The Morgan fingerprint density at radius 2 is 2.11 bits per heavy atom. The van der Waals surface area contributed by atoms with Gasteiger partial charge < -0.3 is 10.4 Å². The van der Waals surface area contributed by atoms with Crippen LogP contribution in [0, 0.1) is 10.1 Å². The molecule has 1 amide bonds. The number of rotatable bonds is 4. The lowest BCUT2D eigenvalue weighted by atomic mass is 9.92. The summed E-state index contributed by atoms with van der Waals surface area (Å²) in [6, 6.07) is 6.38. The van der Waals surface area contributed by atoms with Crippen molar-refractivity contribution in [2.24, 2.45) is 0 Å². The molecule has 0 fully saturated rings. The van der Waals surface area contributed by atoms with E-state index < -0.39 is 16.6 Å². The summed E-state index contributed by atoms with van der Waals surface area (Å²) in [4.78, 5) is 21.3. The summed E-state index contributed by atoms with van der Waals surface area (Å²) in [6.07, 6.45) is -1.25. The Labute approximate surface area is 105 Å². The zero-order valence-corrected chi connectivity index (χ0v) is 10.5. The third kappa shape index (κ3) is 3.04. The highest BCUT2D eigenvalue weighted by molar-refractivity contribution is 5.88. The van der Waals surface area contributed by atoms with Crippen molar-refractivity contribution in [3.8, 4) is 0 Å². The van der Waals surface area contributed by atoms with Gasteiger partial charge in [0.25, 0.3) is 0 Å². The second-order valence-corrected chi connectivity index (χ2v) is 4.62. The molecule has 1 atom stereocenters. The summed E-state index contributed by atoms with van der Waals surface area (Å²) < 4.78 is 0. The second-order valence-electron chi connectivity index (χ2n) is 4.62. The molecule has 0 aromatic heterocycles. The fraction of sp³-hybridized carbons (Fsp3) is 0.417. The van der Waals surface area contributed by atoms with Gasteiger partial charge in [0, 0.05) is 31.4 Å². The lowest BCUT2D eigenvalue weighted by molar-refractivity contribution is -0.575. The van der Waals surface area contributed by atoms with Gasteiger partial charge in [-0.05, 0) is 17.7 Å². The van der Waals surface area contributed by atoms with Crippen molar-refractivity contribution in [1.82, 2.24) is 0 Å². The van der Waals surface area contributed by atoms with E-state index in [1.807, 2.05) is 0 Å². The fourth-order valence-electron chi connectivity index (χ4n) is 1.50. The normalized spacial score (nSPS) is 12.9. The average Bonchev–Trinajstić information content (AvgIpc) is 2.27. The van der Waals surface area contributed by atoms with Gasteiger partial charge in [-0.2, -0.15) is 0 Å². The molecule has 0 heterocycles. The van der Waals surface area contributed by atoms with Gasteiger partial charge in [-0.25, -0.2) is 0 Å². The number of nitrogens with zero attached hydrogens (tertiary/aromatic N) is 1. The van der Waals surface area contributed by atoms with Crippen LogP contribution in [0.2, 0.25) is 0 Å². The van der Waals surface area contributed by atoms with Gasteiger partial charge in [-0.15, -0.1) is 0 Å². The number of aliphatic hydroxyl groups excluding tert-OH is 1. The number of anilines is 1. The van der Waals surface area contributed by atoms with Gasteiger partial charge in [0.05, 0.1) is 0 Å². The number of hydrogen-bond acceptors (Lipinski definition) is 4. The number of aliphatic hydroxyl groups is 1. The molecule has 1 rings (SSSR count). The molecule has 0 aliphatic rings. The molecular weight excluding hydrogens is 236 g/mol.